The van der Waals surface area contributed by atoms with Crippen LogP contribution in [-0.2, 0) is 19.1 Å². The second-order valence-electron chi connectivity index (χ2n) is 6.57. The summed E-state index contributed by atoms with van der Waals surface area (Å²) in [4.78, 5) is 24.6. The van der Waals surface area contributed by atoms with Crippen molar-refractivity contribution in [2.45, 2.75) is 19.9 Å². The molecular formula is C23H24N2O5S. The lowest BCUT2D eigenvalue weighted by atomic mass is 9.92. The van der Waals surface area contributed by atoms with Crippen molar-refractivity contribution >= 4 is 35.0 Å². The summed E-state index contributed by atoms with van der Waals surface area (Å²) in [5, 5.41) is 6.63. The van der Waals surface area contributed by atoms with Gasteiger partial charge in [0.2, 0.25) is 0 Å². The molecule has 0 spiro atoms. The summed E-state index contributed by atoms with van der Waals surface area (Å²) in [6.07, 6.45) is 0. The normalized spacial score (nSPS) is 15.5. The molecule has 0 fully saturated rings. The van der Waals surface area contributed by atoms with E-state index in [1.54, 1.807) is 32.0 Å². The van der Waals surface area contributed by atoms with Crippen LogP contribution >= 0.6 is 12.2 Å². The van der Waals surface area contributed by atoms with Gasteiger partial charge in [0.1, 0.15) is 5.75 Å². The standard InChI is InChI=1S/C23H24N2O5S/c1-3-28-18(26)14-30-17-12-8-11-16(13-17)21-19(22(27)29-4-2)20(24-23(31)25-21)15-9-6-5-7-10-15/h5-13,21H,3-4,14H2,1-2H3,(H2,24,25,31). The molecule has 7 nitrogen and oxygen atoms in total. The van der Waals surface area contributed by atoms with E-state index in [-0.39, 0.29) is 19.8 Å². The van der Waals surface area contributed by atoms with Crippen molar-refractivity contribution in [2.24, 2.45) is 0 Å². The Bertz CT molecular complexity index is 990. The highest BCUT2D eigenvalue weighted by Crippen LogP contribution is 2.33. The van der Waals surface area contributed by atoms with Gasteiger partial charge in [-0.25, -0.2) is 9.59 Å². The smallest absolute Gasteiger partial charge is 0.344 e. The molecule has 1 aliphatic rings. The molecule has 31 heavy (non-hydrogen) atoms. The van der Waals surface area contributed by atoms with Crippen molar-refractivity contribution in [3.63, 3.8) is 0 Å². The van der Waals surface area contributed by atoms with Crippen LogP contribution in [0.15, 0.2) is 60.2 Å². The third kappa shape index (κ3) is 5.61. The van der Waals surface area contributed by atoms with Crippen LogP contribution < -0.4 is 15.4 Å². The van der Waals surface area contributed by atoms with Crippen molar-refractivity contribution in [3.05, 3.63) is 71.3 Å². The monoisotopic (exact) mass is 440 g/mol. The highest BCUT2D eigenvalue weighted by atomic mass is 32.1. The van der Waals surface area contributed by atoms with Gasteiger partial charge in [0.25, 0.3) is 0 Å². The quantitative estimate of drug-likeness (QED) is 0.478. The van der Waals surface area contributed by atoms with E-state index in [1.165, 1.54) is 0 Å². The van der Waals surface area contributed by atoms with Crippen LogP contribution in [0, 0.1) is 0 Å². The van der Waals surface area contributed by atoms with Crippen molar-refractivity contribution in [1.29, 1.82) is 0 Å². The van der Waals surface area contributed by atoms with E-state index in [0.29, 0.717) is 22.1 Å². The largest absolute Gasteiger partial charge is 0.482 e. The van der Waals surface area contributed by atoms with Crippen molar-refractivity contribution < 1.29 is 23.8 Å². The molecule has 2 aromatic carbocycles. The van der Waals surface area contributed by atoms with E-state index in [2.05, 4.69) is 10.6 Å². The molecule has 0 saturated heterocycles. The number of nitrogens with one attached hydrogen (secondary N) is 2. The molecule has 162 valence electrons. The number of carbonyl (C=O) groups excluding carboxylic acids is 2. The Kier molecular flexibility index (Phi) is 7.61. The number of esters is 2. The summed E-state index contributed by atoms with van der Waals surface area (Å²) in [7, 11) is 0. The molecular weight excluding hydrogens is 416 g/mol. The highest BCUT2D eigenvalue weighted by Gasteiger charge is 2.33. The molecule has 0 aliphatic carbocycles. The van der Waals surface area contributed by atoms with E-state index in [1.807, 2.05) is 36.4 Å². The maximum atomic E-state index is 12.9. The van der Waals surface area contributed by atoms with Crippen molar-refractivity contribution in [3.8, 4) is 5.75 Å². The fourth-order valence-corrected chi connectivity index (χ4v) is 3.42. The topological polar surface area (TPSA) is 85.9 Å². The first-order valence-electron chi connectivity index (χ1n) is 9.96. The lowest BCUT2D eigenvalue weighted by molar-refractivity contribution is -0.145. The van der Waals surface area contributed by atoms with E-state index in [0.717, 1.165) is 11.1 Å². The van der Waals surface area contributed by atoms with Gasteiger partial charge in [-0.05, 0) is 49.3 Å². The van der Waals surface area contributed by atoms with E-state index in [4.69, 9.17) is 26.4 Å². The molecule has 0 saturated carbocycles. The number of thiocarbonyl (C=S) groups is 1. The highest BCUT2D eigenvalue weighted by molar-refractivity contribution is 7.80. The Morgan fingerprint density at radius 3 is 2.45 bits per heavy atom. The summed E-state index contributed by atoms with van der Waals surface area (Å²) < 4.78 is 15.8. The number of rotatable bonds is 8. The van der Waals surface area contributed by atoms with Gasteiger partial charge in [0, 0.05) is 0 Å². The van der Waals surface area contributed by atoms with Crippen LogP contribution in [0.4, 0.5) is 0 Å². The molecule has 0 aromatic heterocycles. The van der Waals surface area contributed by atoms with E-state index in [9.17, 15) is 9.59 Å². The first-order chi connectivity index (χ1) is 15.0. The number of carbonyl (C=O) groups is 2. The predicted molar refractivity (Wildman–Crippen MR) is 120 cm³/mol. The molecule has 2 aromatic rings. The van der Waals surface area contributed by atoms with Crippen LogP contribution in [0.2, 0.25) is 0 Å². The Morgan fingerprint density at radius 2 is 1.74 bits per heavy atom. The van der Waals surface area contributed by atoms with Gasteiger partial charge in [-0.3, -0.25) is 0 Å². The van der Waals surface area contributed by atoms with E-state index >= 15 is 0 Å². The van der Waals surface area contributed by atoms with Crippen LogP contribution in [0.25, 0.3) is 5.70 Å². The summed E-state index contributed by atoms with van der Waals surface area (Å²) in [6, 6.07) is 16.0. The molecule has 1 heterocycles. The lowest BCUT2D eigenvalue weighted by Gasteiger charge is -2.31. The van der Waals surface area contributed by atoms with Gasteiger partial charge in [0.15, 0.2) is 11.7 Å². The zero-order valence-corrected chi connectivity index (χ0v) is 18.2. The Balaban J connectivity index is 1.99. The van der Waals surface area contributed by atoms with Gasteiger partial charge < -0.3 is 24.8 Å². The lowest BCUT2D eigenvalue weighted by Crippen LogP contribution is -2.45. The van der Waals surface area contributed by atoms with Crippen molar-refractivity contribution in [1.82, 2.24) is 10.6 Å². The number of hydrogen-bond acceptors (Lipinski definition) is 6. The van der Waals surface area contributed by atoms with Gasteiger partial charge in [-0.15, -0.1) is 0 Å². The number of benzene rings is 2. The fourth-order valence-electron chi connectivity index (χ4n) is 3.20. The predicted octanol–water partition coefficient (Wildman–Crippen LogP) is 3.12. The first kappa shape index (κ1) is 22.3. The molecule has 3 rings (SSSR count). The van der Waals surface area contributed by atoms with Gasteiger partial charge in [0.05, 0.1) is 30.5 Å². The minimum atomic E-state index is -0.561. The van der Waals surface area contributed by atoms with Crippen LogP contribution in [-0.4, -0.2) is 36.9 Å². The summed E-state index contributed by atoms with van der Waals surface area (Å²) in [5.74, 6) is -0.430. The number of hydrogen-bond donors (Lipinski definition) is 2. The second-order valence-corrected chi connectivity index (χ2v) is 6.98. The summed E-state index contributed by atoms with van der Waals surface area (Å²) >= 11 is 5.41. The molecule has 8 heteroatoms. The summed E-state index contributed by atoms with van der Waals surface area (Å²) in [6.45, 7) is 3.82. The second kappa shape index (κ2) is 10.6. The Labute approximate surface area is 186 Å². The third-order valence-electron chi connectivity index (χ3n) is 4.48. The zero-order chi connectivity index (χ0) is 22.2. The van der Waals surface area contributed by atoms with Crippen molar-refractivity contribution in [2.75, 3.05) is 19.8 Å². The molecule has 0 amide bonds. The average molecular weight is 441 g/mol. The molecule has 1 atom stereocenters. The number of ether oxygens (including phenoxy) is 3. The average Bonchev–Trinajstić information content (AvgIpc) is 2.78. The van der Waals surface area contributed by atoms with Crippen LogP contribution in [0.5, 0.6) is 5.75 Å². The summed E-state index contributed by atoms with van der Waals surface area (Å²) in [5.41, 5.74) is 2.55. The van der Waals surface area contributed by atoms with Gasteiger partial charge >= 0.3 is 11.9 Å². The molecule has 1 aliphatic heterocycles. The van der Waals surface area contributed by atoms with Crippen LogP contribution in [0.1, 0.15) is 31.0 Å². The van der Waals surface area contributed by atoms with Gasteiger partial charge in [-0.1, -0.05) is 42.5 Å². The molecule has 2 N–H and O–H groups in total. The minimum Gasteiger partial charge on any atom is -0.482 e. The molecule has 1 unspecified atom stereocenters. The SMILES string of the molecule is CCOC(=O)COc1cccc(C2NC(=S)NC(c3ccccc3)=C2C(=O)OCC)c1. The first-order valence-corrected chi connectivity index (χ1v) is 10.4. The van der Waals surface area contributed by atoms with Gasteiger partial charge in [-0.2, -0.15) is 0 Å². The fraction of sp³-hybridized carbons (Fsp3) is 0.261. The Morgan fingerprint density at radius 1 is 1.00 bits per heavy atom. The maximum absolute atomic E-state index is 12.9. The van der Waals surface area contributed by atoms with Crippen LogP contribution in [0.3, 0.4) is 0 Å². The maximum Gasteiger partial charge on any atom is 0.344 e. The zero-order valence-electron chi connectivity index (χ0n) is 17.3. The molecule has 0 bridgehead atoms. The third-order valence-corrected chi connectivity index (χ3v) is 4.70. The van der Waals surface area contributed by atoms with E-state index < -0.39 is 18.0 Å². The molecule has 0 radical (unpaired) electrons. The Hall–Kier alpha value is -3.39. The minimum absolute atomic E-state index is 0.203.